The van der Waals surface area contributed by atoms with E-state index in [1.165, 1.54) is 31.5 Å². The van der Waals surface area contributed by atoms with Gasteiger partial charge in [-0.3, -0.25) is 4.90 Å². The summed E-state index contributed by atoms with van der Waals surface area (Å²) in [6, 6.07) is 0.689. The molecule has 4 nitrogen and oxygen atoms in total. The molecule has 0 aliphatic carbocycles. The Bertz CT molecular complexity index is 341. The van der Waals surface area contributed by atoms with Crippen molar-refractivity contribution in [3.8, 4) is 0 Å². The molecule has 4 heteroatoms. The van der Waals surface area contributed by atoms with Crippen LogP contribution in [-0.2, 0) is 13.1 Å². The third-order valence-corrected chi connectivity index (χ3v) is 3.82. The highest BCUT2D eigenvalue weighted by atomic mass is 15.2. The van der Waals surface area contributed by atoms with Crippen molar-refractivity contribution in [2.75, 3.05) is 19.6 Å². The molecule has 0 radical (unpaired) electrons. The summed E-state index contributed by atoms with van der Waals surface area (Å²) in [6.07, 6.45) is 7.78. The van der Waals surface area contributed by atoms with Crippen LogP contribution in [0.5, 0.6) is 0 Å². The standard InChI is InChI=1S/C14H26N4/c1-3-8-18-12-16-10-14(18)11-17(4-2)13-6-5-7-15-9-13/h10,12-13,15H,3-9,11H2,1-2H3. The van der Waals surface area contributed by atoms with E-state index in [0.29, 0.717) is 6.04 Å². The van der Waals surface area contributed by atoms with Gasteiger partial charge in [-0.2, -0.15) is 0 Å². The number of imidazole rings is 1. The highest BCUT2D eigenvalue weighted by molar-refractivity contribution is 4.99. The Balaban J connectivity index is 1.98. The Kier molecular flexibility index (Phi) is 5.20. The largest absolute Gasteiger partial charge is 0.333 e. The minimum absolute atomic E-state index is 0.689. The molecule has 1 aliphatic rings. The topological polar surface area (TPSA) is 33.1 Å². The van der Waals surface area contributed by atoms with Crippen molar-refractivity contribution in [2.45, 2.75) is 52.2 Å². The molecule has 2 heterocycles. The van der Waals surface area contributed by atoms with Crippen molar-refractivity contribution in [3.05, 3.63) is 18.2 Å². The van der Waals surface area contributed by atoms with Crippen LogP contribution in [0.4, 0.5) is 0 Å². The molecule has 1 saturated heterocycles. The van der Waals surface area contributed by atoms with Gasteiger partial charge >= 0.3 is 0 Å². The van der Waals surface area contributed by atoms with Crippen molar-refractivity contribution in [1.29, 1.82) is 0 Å². The molecule has 2 rings (SSSR count). The minimum Gasteiger partial charge on any atom is -0.333 e. The van der Waals surface area contributed by atoms with E-state index < -0.39 is 0 Å². The first kappa shape index (κ1) is 13.6. The van der Waals surface area contributed by atoms with Gasteiger partial charge in [-0.1, -0.05) is 13.8 Å². The summed E-state index contributed by atoms with van der Waals surface area (Å²) in [6.45, 7) is 10.0. The van der Waals surface area contributed by atoms with Crippen LogP contribution >= 0.6 is 0 Å². The number of nitrogens with zero attached hydrogens (tertiary/aromatic N) is 3. The van der Waals surface area contributed by atoms with Gasteiger partial charge in [0, 0.05) is 31.9 Å². The van der Waals surface area contributed by atoms with Gasteiger partial charge in [0.25, 0.3) is 0 Å². The third-order valence-electron chi connectivity index (χ3n) is 3.82. The lowest BCUT2D eigenvalue weighted by molar-refractivity contribution is 0.162. The molecule has 1 unspecified atom stereocenters. The van der Waals surface area contributed by atoms with Gasteiger partial charge in [0.2, 0.25) is 0 Å². The average Bonchev–Trinajstić information content (AvgIpc) is 2.85. The Morgan fingerprint density at radius 1 is 1.50 bits per heavy atom. The fourth-order valence-electron chi connectivity index (χ4n) is 2.77. The van der Waals surface area contributed by atoms with Crippen LogP contribution in [0, 0.1) is 0 Å². The Morgan fingerprint density at radius 2 is 2.39 bits per heavy atom. The van der Waals surface area contributed by atoms with E-state index in [1.807, 2.05) is 12.5 Å². The molecular weight excluding hydrogens is 224 g/mol. The van der Waals surface area contributed by atoms with Gasteiger partial charge in [0.05, 0.1) is 12.0 Å². The molecule has 1 atom stereocenters. The third kappa shape index (κ3) is 3.33. The summed E-state index contributed by atoms with van der Waals surface area (Å²) < 4.78 is 2.29. The van der Waals surface area contributed by atoms with Crippen LogP contribution in [0.1, 0.15) is 38.8 Å². The Morgan fingerprint density at radius 3 is 3.06 bits per heavy atom. The van der Waals surface area contributed by atoms with Crippen LogP contribution in [-0.4, -0.2) is 40.1 Å². The number of piperidine rings is 1. The highest BCUT2D eigenvalue weighted by Crippen LogP contribution is 2.14. The smallest absolute Gasteiger partial charge is 0.0948 e. The summed E-state index contributed by atoms with van der Waals surface area (Å²) in [7, 11) is 0. The summed E-state index contributed by atoms with van der Waals surface area (Å²) in [5.41, 5.74) is 1.35. The lowest BCUT2D eigenvalue weighted by Crippen LogP contribution is -2.45. The second-order valence-electron chi connectivity index (χ2n) is 5.14. The Labute approximate surface area is 110 Å². The van der Waals surface area contributed by atoms with Crippen molar-refractivity contribution in [3.63, 3.8) is 0 Å². The molecule has 0 aromatic carbocycles. The fraction of sp³-hybridized carbons (Fsp3) is 0.786. The lowest BCUT2D eigenvalue weighted by Gasteiger charge is -2.34. The van der Waals surface area contributed by atoms with Crippen molar-refractivity contribution >= 4 is 0 Å². The first-order valence-electron chi connectivity index (χ1n) is 7.29. The predicted octanol–water partition coefficient (Wildman–Crippen LogP) is 1.87. The van der Waals surface area contributed by atoms with E-state index in [0.717, 1.165) is 26.2 Å². The normalized spacial score (nSPS) is 20.5. The number of likely N-dealkylation sites (N-methyl/N-ethyl adjacent to an activating group) is 1. The number of rotatable bonds is 6. The fourth-order valence-corrected chi connectivity index (χ4v) is 2.77. The molecular formula is C14H26N4. The maximum atomic E-state index is 4.29. The first-order valence-corrected chi connectivity index (χ1v) is 7.29. The molecule has 1 aliphatic heterocycles. The zero-order chi connectivity index (χ0) is 12.8. The molecule has 1 N–H and O–H groups in total. The molecule has 0 spiro atoms. The van der Waals surface area contributed by atoms with Crippen LogP contribution in [0.15, 0.2) is 12.5 Å². The van der Waals surface area contributed by atoms with Crippen LogP contribution in [0.25, 0.3) is 0 Å². The number of nitrogens with one attached hydrogen (secondary N) is 1. The van der Waals surface area contributed by atoms with Gasteiger partial charge in [-0.05, 0) is 32.4 Å². The molecule has 1 aromatic heterocycles. The van der Waals surface area contributed by atoms with Crippen LogP contribution in [0.2, 0.25) is 0 Å². The van der Waals surface area contributed by atoms with Crippen molar-refractivity contribution < 1.29 is 0 Å². The van der Waals surface area contributed by atoms with E-state index in [4.69, 9.17) is 0 Å². The average molecular weight is 250 g/mol. The highest BCUT2D eigenvalue weighted by Gasteiger charge is 2.20. The number of aryl methyl sites for hydroxylation is 1. The minimum atomic E-state index is 0.689. The molecule has 0 bridgehead atoms. The molecule has 1 fully saturated rings. The molecule has 18 heavy (non-hydrogen) atoms. The zero-order valence-corrected chi connectivity index (χ0v) is 11.7. The molecule has 102 valence electrons. The van der Waals surface area contributed by atoms with Crippen LogP contribution < -0.4 is 5.32 Å². The lowest BCUT2D eigenvalue weighted by atomic mass is 10.1. The van der Waals surface area contributed by atoms with Gasteiger partial charge in [-0.25, -0.2) is 4.98 Å². The van der Waals surface area contributed by atoms with Gasteiger partial charge in [-0.15, -0.1) is 0 Å². The number of hydrogen-bond donors (Lipinski definition) is 1. The van der Waals surface area contributed by atoms with Crippen LogP contribution in [0.3, 0.4) is 0 Å². The summed E-state index contributed by atoms with van der Waals surface area (Å²) in [5, 5.41) is 3.50. The van der Waals surface area contributed by atoms with Crippen molar-refractivity contribution in [1.82, 2.24) is 19.8 Å². The van der Waals surface area contributed by atoms with Gasteiger partial charge < -0.3 is 9.88 Å². The molecule has 1 aromatic rings. The summed E-state index contributed by atoms with van der Waals surface area (Å²) >= 11 is 0. The monoisotopic (exact) mass is 250 g/mol. The van der Waals surface area contributed by atoms with E-state index in [9.17, 15) is 0 Å². The van der Waals surface area contributed by atoms with E-state index in [-0.39, 0.29) is 0 Å². The second kappa shape index (κ2) is 6.90. The van der Waals surface area contributed by atoms with E-state index in [2.05, 4.69) is 33.6 Å². The van der Waals surface area contributed by atoms with Gasteiger partial charge in [0.15, 0.2) is 0 Å². The second-order valence-corrected chi connectivity index (χ2v) is 5.14. The quantitative estimate of drug-likeness (QED) is 0.836. The molecule has 0 amide bonds. The maximum absolute atomic E-state index is 4.29. The Hall–Kier alpha value is -0.870. The maximum Gasteiger partial charge on any atom is 0.0948 e. The molecule has 0 saturated carbocycles. The number of aromatic nitrogens is 2. The first-order chi connectivity index (χ1) is 8.85. The van der Waals surface area contributed by atoms with Gasteiger partial charge in [0.1, 0.15) is 0 Å². The summed E-state index contributed by atoms with van der Waals surface area (Å²) in [4.78, 5) is 6.87. The SMILES string of the molecule is CCCn1cncc1CN(CC)C1CCCNC1. The van der Waals surface area contributed by atoms with E-state index >= 15 is 0 Å². The summed E-state index contributed by atoms with van der Waals surface area (Å²) in [5.74, 6) is 0. The van der Waals surface area contributed by atoms with E-state index in [1.54, 1.807) is 0 Å². The van der Waals surface area contributed by atoms with Crippen molar-refractivity contribution in [2.24, 2.45) is 0 Å². The predicted molar refractivity (Wildman–Crippen MR) is 74.5 cm³/mol. The number of hydrogen-bond acceptors (Lipinski definition) is 3. The zero-order valence-electron chi connectivity index (χ0n) is 11.7.